The second-order valence-electron chi connectivity index (χ2n) is 5.73. The van der Waals surface area contributed by atoms with E-state index in [4.69, 9.17) is 11.6 Å². The summed E-state index contributed by atoms with van der Waals surface area (Å²) in [6.07, 6.45) is 9.95. The number of carbonyl (C=O) groups is 1. The van der Waals surface area contributed by atoms with Crippen molar-refractivity contribution < 1.29 is 4.79 Å². The molecule has 1 aliphatic rings. The third-order valence-electron chi connectivity index (χ3n) is 4.09. The third-order valence-corrected chi connectivity index (χ3v) is 4.33. The Morgan fingerprint density at radius 1 is 1.45 bits per heavy atom. The molecule has 0 saturated carbocycles. The lowest BCUT2D eigenvalue weighted by atomic mass is 9.97. The molecular formula is C17H20ClN3O. The average molecular weight is 318 g/mol. The second-order valence-corrected chi connectivity index (χ2v) is 6.17. The molecule has 0 unspecified atom stereocenters. The van der Waals surface area contributed by atoms with Gasteiger partial charge in [0.05, 0.1) is 5.69 Å². The van der Waals surface area contributed by atoms with Crippen LogP contribution in [0.25, 0.3) is 5.65 Å². The van der Waals surface area contributed by atoms with Crippen molar-refractivity contribution in [3.63, 3.8) is 0 Å². The predicted molar refractivity (Wildman–Crippen MR) is 88.4 cm³/mol. The number of halogens is 1. The lowest BCUT2D eigenvalue weighted by Gasteiger charge is -2.13. The molecular weight excluding hydrogens is 298 g/mol. The van der Waals surface area contributed by atoms with E-state index in [0.717, 1.165) is 12.1 Å². The van der Waals surface area contributed by atoms with E-state index in [0.29, 0.717) is 22.9 Å². The van der Waals surface area contributed by atoms with Crippen molar-refractivity contribution in [1.82, 2.24) is 14.7 Å². The summed E-state index contributed by atoms with van der Waals surface area (Å²) in [6.45, 7) is 2.52. The average Bonchev–Trinajstić information content (AvgIpc) is 2.83. The smallest absolute Gasteiger partial charge is 0.270 e. The number of rotatable bonds is 4. The van der Waals surface area contributed by atoms with Crippen LogP contribution in [0.4, 0.5) is 0 Å². The van der Waals surface area contributed by atoms with Crippen LogP contribution in [0.3, 0.4) is 0 Å². The van der Waals surface area contributed by atoms with Crippen LogP contribution < -0.4 is 5.32 Å². The quantitative estimate of drug-likeness (QED) is 0.869. The Morgan fingerprint density at radius 2 is 2.32 bits per heavy atom. The van der Waals surface area contributed by atoms with Crippen LogP contribution in [0.15, 0.2) is 30.0 Å². The van der Waals surface area contributed by atoms with Gasteiger partial charge < -0.3 is 5.32 Å². The predicted octanol–water partition coefficient (Wildman–Crippen LogP) is 3.92. The largest absolute Gasteiger partial charge is 0.350 e. The van der Waals surface area contributed by atoms with Gasteiger partial charge in [-0.15, -0.1) is 0 Å². The van der Waals surface area contributed by atoms with Gasteiger partial charge in [0.2, 0.25) is 0 Å². The van der Waals surface area contributed by atoms with E-state index in [1.165, 1.54) is 31.3 Å². The molecule has 0 aromatic carbocycles. The van der Waals surface area contributed by atoms with Crippen LogP contribution in [0.2, 0.25) is 5.02 Å². The Hall–Kier alpha value is -1.81. The van der Waals surface area contributed by atoms with Gasteiger partial charge in [0.1, 0.15) is 11.3 Å². The van der Waals surface area contributed by atoms with E-state index in [2.05, 4.69) is 16.4 Å². The molecule has 0 fully saturated rings. The first-order valence-electron chi connectivity index (χ1n) is 7.75. The first-order valence-corrected chi connectivity index (χ1v) is 8.13. The molecule has 0 radical (unpaired) electrons. The van der Waals surface area contributed by atoms with Gasteiger partial charge in [0.15, 0.2) is 0 Å². The maximum absolute atomic E-state index is 12.4. The highest BCUT2D eigenvalue weighted by atomic mass is 35.5. The molecule has 0 bridgehead atoms. The highest BCUT2D eigenvalue weighted by Gasteiger charge is 2.16. The van der Waals surface area contributed by atoms with Crippen LogP contribution in [0.1, 0.15) is 48.3 Å². The van der Waals surface area contributed by atoms with E-state index in [-0.39, 0.29) is 5.91 Å². The zero-order valence-corrected chi connectivity index (χ0v) is 13.5. The molecule has 5 heteroatoms. The van der Waals surface area contributed by atoms with E-state index >= 15 is 0 Å². The molecule has 2 aromatic heterocycles. The number of aromatic nitrogens is 2. The van der Waals surface area contributed by atoms with Crippen LogP contribution in [0.5, 0.6) is 0 Å². The van der Waals surface area contributed by atoms with Gasteiger partial charge in [0.25, 0.3) is 5.91 Å². The number of nitrogens with one attached hydrogen (secondary N) is 1. The molecule has 2 heterocycles. The first-order chi connectivity index (χ1) is 10.6. The fourth-order valence-electron chi connectivity index (χ4n) is 2.96. The van der Waals surface area contributed by atoms with Crippen LogP contribution in [-0.2, 0) is 0 Å². The summed E-state index contributed by atoms with van der Waals surface area (Å²) in [5, 5.41) is 3.63. The number of amides is 1. The highest BCUT2D eigenvalue weighted by molar-refractivity contribution is 6.30. The van der Waals surface area contributed by atoms with Crippen LogP contribution in [0, 0.1) is 6.92 Å². The monoisotopic (exact) mass is 317 g/mol. The number of pyridine rings is 1. The molecule has 1 aliphatic carbocycles. The van der Waals surface area contributed by atoms with Gasteiger partial charge in [0, 0.05) is 23.8 Å². The normalized spacial score (nSPS) is 14.9. The van der Waals surface area contributed by atoms with E-state index in [1.807, 2.05) is 6.92 Å². The number of carbonyl (C=O) groups excluding carboxylic acids is 1. The summed E-state index contributed by atoms with van der Waals surface area (Å²) >= 11 is 5.97. The second kappa shape index (κ2) is 6.53. The number of imidazole rings is 1. The Kier molecular flexibility index (Phi) is 4.48. The lowest BCUT2D eigenvalue weighted by molar-refractivity contribution is 0.0947. The zero-order valence-electron chi connectivity index (χ0n) is 12.7. The van der Waals surface area contributed by atoms with Crippen molar-refractivity contribution in [1.29, 1.82) is 0 Å². The number of fused-ring (bicyclic) bond motifs is 1. The van der Waals surface area contributed by atoms with Gasteiger partial charge >= 0.3 is 0 Å². The number of hydrogen-bond acceptors (Lipinski definition) is 2. The maximum Gasteiger partial charge on any atom is 0.270 e. The van der Waals surface area contributed by atoms with E-state index in [1.54, 1.807) is 22.7 Å². The molecule has 0 spiro atoms. The van der Waals surface area contributed by atoms with Gasteiger partial charge in [-0.05, 0) is 45.1 Å². The SMILES string of the molecule is Cc1nc2cc(Cl)ccn2c1C(=O)NCCC1=CCCCC1. The van der Waals surface area contributed by atoms with Crippen molar-refractivity contribution in [2.45, 2.75) is 39.0 Å². The first kappa shape index (κ1) is 15.1. The number of aryl methyl sites for hydroxylation is 1. The van der Waals surface area contributed by atoms with Gasteiger partial charge in [-0.3, -0.25) is 9.20 Å². The number of nitrogens with zero attached hydrogens (tertiary/aromatic N) is 2. The molecule has 3 rings (SSSR count). The van der Waals surface area contributed by atoms with E-state index in [9.17, 15) is 4.79 Å². The summed E-state index contributed by atoms with van der Waals surface area (Å²) < 4.78 is 1.79. The third kappa shape index (κ3) is 3.17. The summed E-state index contributed by atoms with van der Waals surface area (Å²) in [6, 6.07) is 3.53. The van der Waals surface area contributed by atoms with Gasteiger partial charge in [-0.2, -0.15) is 0 Å². The van der Waals surface area contributed by atoms with Crippen LogP contribution in [-0.4, -0.2) is 21.8 Å². The molecule has 116 valence electrons. The standard InChI is InChI=1S/C17H20ClN3O/c1-12-16(21-10-8-14(18)11-15(21)20-12)17(22)19-9-7-13-5-3-2-4-6-13/h5,8,10-11H,2-4,6-7,9H2,1H3,(H,19,22). The Morgan fingerprint density at radius 3 is 3.09 bits per heavy atom. The van der Waals surface area contributed by atoms with Crippen molar-refractivity contribution in [2.24, 2.45) is 0 Å². The maximum atomic E-state index is 12.4. The molecule has 22 heavy (non-hydrogen) atoms. The number of hydrogen-bond donors (Lipinski definition) is 1. The van der Waals surface area contributed by atoms with Gasteiger partial charge in [-0.25, -0.2) is 4.98 Å². The minimum Gasteiger partial charge on any atom is -0.350 e. The minimum atomic E-state index is -0.0799. The van der Waals surface area contributed by atoms with E-state index < -0.39 is 0 Å². The molecule has 4 nitrogen and oxygen atoms in total. The summed E-state index contributed by atoms with van der Waals surface area (Å²) in [5.74, 6) is -0.0799. The van der Waals surface area contributed by atoms with Crippen LogP contribution >= 0.6 is 11.6 Å². The number of allylic oxidation sites excluding steroid dienone is 1. The van der Waals surface area contributed by atoms with Crippen molar-refractivity contribution in [3.8, 4) is 0 Å². The molecule has 0 atom stereocenters. The summed E-state index contributed by atoms with van der Waals surface area (Å²) in [5.41, 5.74) is 3.47. The van der Waals surface area contributed by atoms with Crippen molar-refractivity contribution in [3.05, 3.63) is 46.4 Å². The fourth-order valence-corrected chi connectivity index (χ4v) is 3.12. The summed E-state index contributed by atoms with van der Waals surface area (Å²) in [4.78, 5) is 16.8. The molecule has 0 aliphatic heterocycles. The Balaban J connectivity index is 1.69. The fraction of sp³-hybridized carbons (Fsp3) is 0.412. The molecule has 1 amide bonds. The lowest BCUT2D eigenvalue weighted by Crippen LogP contribution is -2.26. The zero-order chi connectivity index (χ0) is 15.5. The Labute approximate surface area is 135 Å². The molecule has 2 aromatic rings. The molecule has 0 saturated heterocycles. The van der Waals surface area contributed by atoms with Crippen molar-refractivity contribution >= 4 is 23.2 Å². The topological polar surface area (TPSA) is 46.4 Å². The van der Waals surface area contributed by atoms with Gasteiger partial charge in [-0.1, -0.05) is 23.3 Å². The summed E-state index contributed by atoms with van der Waals surface area (Å²) in [7, 11) is 0. The minimum absolute atomic E-state index is 0.0799. The van der Waals surface area contributed by atoms with Crippen molar-refractivity contribution in [2.75, 3.05) is 6.54 Å². The highest BCUT2D eigenvalue weighted by Crippen LogP contribution is 2.20. The Bertz CT molecular complexity index is 733. The molecule has 1 N–H and O–H groups in total.